The van der Waals surface area contributed by atoms with Gasteiger partial charge >= 0.3 is 5.97 Å². The predicted molar refractivity (Wildman–Crippen MR) is 77.0 cm³/mol. The number of anilines is 1. The molecule has 0 unspecified atom stereocenters. The van der Waals surface area contributed by atoms with Gasteiger partial charge in [-0.2, -0.15) is 0 Å². The van der Waals surface area contributed by atoms with Gasteiger partial charge in [-0.3, -0.25) is 9.69 Å². The molecule has 4 nitrogen and oxygen atoms in total. The third kappa shape index (κ3) is 3.39. The van der Waals surface area contributed by atoms with Crippen molar-refractivity contribution >= 4 is 23.3 Å². The van der Waals surface area contributed by atoms with Crippen LogP contribution < -0.4 is 4.90 Å². The highest BCUT2D eigenvalue weighted by Gasteiger charge is 2.27. The number of aliphatic carboxylic acids is 1. The number of piperazine rings is 1. The lowest BCUT2D eigenvalue weighted by Gasteiger charge is -2.38. The van der Waals surface area contributed by atoms with Crippen molar-refractivity contribution in [2.45, 2.75) is 19.4 Å². The van der Waals surface area contributed by atoms with Crippen molar-refractivity contribution in [3.05, 3.63) is 29.3 Å². The van der Waals surface area contributed by atoms with Crippen molar-refractivity contribution < 1.29 is 9.90 Å². The molecule has 0 radical (unpaired) electrons. The topological polar surface area (TPSA) is 43.8 Å². The highest BCUT2D eigenvalue weighted by atomic mass is 35.5. The predicted octanol–water partition coefficient (Wildman–Crippen LogP) is 2.33. The number of carboxylic acids is 1. The second-order valence-corrected chi connectivity index (χ2v) is 5.20. The zero-order valence-electron chi connectivity index (χ0n) is 11.1. The molecule has 0 aromatic heterocycles. The van der Waals surface area contributed by atoms with E-state index in [9.17, 15) is 9.90 Å². The van der Waals surface area contributed by atoms with E-state index in [1.54, 1.807) is 0 Å². The quantitative estimate of drug-likeness (QED) is 0.920. The summed E-state index contributed by atoms with van der Waals surface area (Å²) in [5.41, 5.74) is 1.11. The maximum atomic E-state index is 11.2. The minimum absolute atomic E-state index is 0.360. The first-order valence-electron chi connectivity index (χ1n) is 6.59. The molecule has 1 saturated heterocycles. The molecule has 0 bridgehead atoms. The lowest BCUT2D eigenvalue weighted by molar-refractivity contribution is -0.143. The molecular formula is C14H19ClN2O2. The minimum atomic E-state index is -0.723. The first-order chi connectivity index (χ1) is 9.11. The van der Waals surface area contributed by atoms with E-state index < -0.39 is 5.97 Å². The van der Waals surface area contributed by atoms with Crippen LogP contribution in [-0.4, -0.2) is 48.2 Å². The molecule has 104 valence electrons. The zero-order valence-corrected chi connectivity index (χ0v) is 11.8. The number of hydrogen-bond donors (Lipinski definition) is 1. The fourth-order valence-electron chi connectivity index (χ4n) is 2.55. The lowest BCUT2D eigenvalue weighted by atomic mass is 10.1. The van der Waals surface area contributed by atoms with E-state index in [0.717, 1.165) is 36.9 Å². The summed E-state index contributed by atoms with van der Waals surface area (Å²) in [5, 5.41) is 9.91. The standard InChI is InChI=1S/C14H19ClN2O2/c1-2-13(14(18)19)17-8-6-16(7-9-17)12-5-3-4-11(15)10-12/h3-5,10,13H,2,6-9H2,1H3,(H,18,19)/t13-/m1/s1. The Morgan fingerprint density at radius 1 is 1.37 bits per heavy atom. The van der Waals surface area contributed by atoms with Gasteiger partial charge in [0.2, 0.25) is 0 Å². The first-order valence-corrected chi connectivity index (χ1v) is 6.97. The summed E-state index contributed by atoms with van der Waals surface area (Å²) in [6.45, 7) is 5.14. The molecule has 0 aliphatic carbocycles. The highest BCUT2D eigenvalue weighted by molar-refractivity contribution is 6.30. The van der Waals surface area contributed by atoms with Crippen LogP contribution in [0.3, 0.4) is 0 Å². The minimum Gasteiger partial charge on any atom is -0.480 e. The smallest absolute Gasteiger partial charge is 0.320 e. The van der Waals surface area contributed by atoms with E-state index in [-0.39, 0.29) is 6.04 Å². The van der Waals surface area contributed by atoms with Crippen LogP contribution in [0.2, 0.25) is 5.02 Å². The molecule has 1 aromatic carbocycles. The molecule has 0 amide bonds. The molecule has 0 saturated carbocycles. The Balaban J connectivity index is 1.97. The number of nitrogens with zero attached hydrogens (tertiary/aromatic N) is 2. The van der Waals surface area contributed by atoms with Crippen molar-refractivity contribution in [2.75, 3.05) is 31.1 Å². The molecule has 1 heterocycles. The number of hydrogen-bond acceptors (Lipinski definition) is 3. The molecule has 1 aromatic rings. The summed E-state index contributed by atoms with van der Waals surface area (Å²) in [4.78, 5) is 15.4. The summed E-state index contributed by atoms with van der Waals surface area (Å²) in [5.74, 6) is -0.723. The summed E-state index contributed by atoms with van der Waals surface area (Å²) < 4.78 is 0. The fourth-order valence-corrected chi connectivity index (χ4v) is 2.74. The molecule has 0 spiro atoms. The van der Waals surface area contributed by atoms with Crippen LogP contribution in [-0.2, 0) is 4.79 Å². The SMILES string of the molecule is CC[C@H](C(=O)O)N1CCN(c2cccc(Cl)c2)CC1. The van der Waals surface area contributed by atoms with Crippen LogP contribution in [0, 0.1) is 0 Å². The Labute approximate surface area is 118 Å². The molecule has 1 N–H and O–H groups in total. The van der Waals surface area contributed by atoms with Crippen LogP contribution in [0.5, 0.6) is 0 Å². The normalized spacial score (nSPS) is 18.3. The number of rotatable bonds is 4. The first kappa shape index (κ1) is 14.2. The van der Waals surface area contributed by atoms with Gasteiger partial charge in [-0.1, -0.05) is 24.6 Å². The Hall–Kier alpha value is -1.26. The summed E-state index contributed by atoms with van der Waals surface area (Å²) in [6, 6.07) is 7.43. The average Bonchev–Trinajstić information content (AvgIpc) is 2.40. The average molecular weight is 283 g/mol. The van der Waals surface area contributed by atoms with Crippen molar-refractivity contribution in [1.29, 1.82) is 0 Å². The zero-order chi connectivity index (χ0) is 13.8. The maximum absolute atomic E-state index is 11.2. The van der Waals surface area contributed by atoms with Gasteiger partial charge in [0, 0.05) is 36.9 Å². The van der Waals surface area contributed by atoms with E-state index in [1.165, 1.54) is 0 Å². The number of carbonyl (C=O) groups is 1. The van der Waals surface area contributed by atoms with E-state index in [0.29, 0.717) is 6.42 Å². The third-order valence-corrected chi connectivity index (χ3v) is 3.84. The Bertz CT molecular complexity index is 445. The summed E-state index contributed by atoms with van der Waals surface area (Å²) >= 11 is 5.99. The molecule has 1 fully saturated rings. The van der Waals surface area contributed by atoms with E-state index in [2.05, 4.69) is 4.90 Å². The van der Waals surface area contributed by atoms with E-state index in [1.807, 2.05) is 36.1 Å². The van der Waals surface area contributed by atoms with Gasteiger partial charge in [0.15, 0.2) is 0 Å². The van der Waals surface area contributed by atoms with Crippen LogP contribution in [0.15, 0.2) is 24.3 Å². The monoisotopic (exact) mass is 282 g/mol. The van der Waals surface area contributed by atoms with E-state index >= 15 is 0 Å². The van der Waals surface area contributed by atoms with Gasteiger partial charge in [-0.05, 0) is 24.6 Å². The van der Waals surface area contributed by atoms with Crippen LogP contribution in [0.25, 0.3) is 0 Å². The van der Waals surface area contributed by atoms with Gasteiger partial charge in [-0.15, -0.1) is 0 Å². The van der Waals surface area contributed by atoms with Gasteiger partial charge < -0.3 is 10.0 Å². The summed E-state index contributed by atoms with van der Waals surface area (Å²) in [7, 11) is 0. The highest BCUT2D eigenvalue weighted by Crippen LogP contribution is 2.21. The number of benzene rings is 1. The lowest BCUT2D eigenvalue weighted by Crippen LogP contribution is -2.52. The summed E-state index contributed by atoms with van der Waals surface area (Å²) in [6.07, 6.45) is 0.645. The van der Waals surface area contributed by atoms with Gasteiger partial charge in [0.1, 0.15) is 6.04 Å². The Morgan fingerprint density at radius 2 is 2.05 bits per heavy atom. The molecule has 1 aliphatic rings. The molecule has 1 atom stereocenters. The Kier molecular flexibility index (Phi) is 4.66. The van der Waals surface area contributed by atoms with Crippen molar-refractivity contribution in [2.24, 2.45) is 0 Å². The largest absolute Gasteiger partial charge is 0.480 e. The van der Waals surface area contributed by atoms with Crippen molar-refractivity contribution in [3.8, 4) is 0 Å². The molecule has 5 heteroatoms. The Morgan fingerprint density at radius 3 is 2.58 bits per heavy atom. The second kappa shape index (κ2) is 6.26. The molecule has 19 heavy (non-hydrogen) atoms. The maximum Gasteiger partial charge on any atom is 0.320 e. The van der Waals surface area contributed by atoms with Gasteiger partial charge in [0.25, 0.3) is 0 Å². The number of halogens is 1. The van der Waals surface area contributed by atoms with Crippen LogP contribution >= 0.6 is 11.6 Å². The van der Waals surface area contributed by atoms with Gasteiger partial charge in [-0.25, -0.2) is 0 Å². The van der Waals surface area contributed by atoms with E-state index in [4.69, 9.17) is 11.6 Å². The van der Waals surface area contributed by atoms with Crippen molar-refractivity contribution in [3.63, 3.8) is 0 Å². The molecule has 1 aliphatic heterocycles. The fraction of sp³-hybridized carbons (Fsp3) is 0.500. The van der Waals surface area contributed by atoms with Gasteiger partial charge in [0.05, 0.1) is 0 Å². The van der Waals surface area contributed by atoms with Crippen LogP contribution in [0.4, 0.5) is 5.69 Å². The number of carboxylic acid groups (broad SMARTS) is 1. The second-order valence-electron chi connectivity index (χ2n) is 4.77. The van der Waals surface area contributed by atoms with Crippen molar-refractivity contribution in [1.82, 2.24) is 4.90 Å². The molecule has 2 rings (SSSR count). The third-order valence-electron chi connectivity index (χ3n) is 3.60. The molecular weight excluding hydrogens is 264 g/mol. The van der Waals surface area contributed by atoms with Crippen LogP contribution in [0.1, 0.15) is 13.3 Å².